The van der Waals surface area contributed by atoms with Crippen LogP contribution in [-0.2, 0) is 33.2 Å². The quantitative estimate of drug-likeness (QED) is 0.553. The SMILES string of the molecule is C#CC[C@]1(C(=O)OCC)C[C@H]2OC(C)(C)O[C@H]2[C@@H]([C@H]2COC(C)(C)O2)O1. The molecule has 3 fully saturated rings. The van der Waals surface area contributed by atoms with Gasteiger partial charge in [-0.2, -0.15) is 0 Å². The summed E-state index contributed by atoms with van der Waals surface area (Å²) in [6, 6.07) is 0. The molecule has 7 nitrogen and oxygen atoms in total. The maximum absolute atomic E-state index is 12.7. The van der Waals surface area contributed by atoms with Crippen LogP contribution in [0.2, 0.25) is 0 Å². The number of fused-ring (bicyclic) bond motifs is 1. The van der Waals surface area contributed by atoms with Crippen LogP contribution in [0.3, 0.4) is 0 Å². The first-order valence-corrected chi connectivity index (χ1v) is 9.07. The summed E-state index contributed by atoms with van der Waals surface area (Å²) in [4.78, 5) is 12.7. The van der Waals surface area contributed by atoms with Crippen molar-refractivity contribution in [1.82, 2.24) is 0 Å². The van der Waals surface area contributed by atoms with E-state index < -0.39 is 35.4 Å². The van der Waals surface area contributed by atoms with Gasteiger partial charge in [0, 0.05) is 12.8 Å². The molecular weight excluding hydrogens is 340 g/mol. The zero-order valence-corrected chi connectivity index (χ0v) is 16.1. The lowest BCUT2D eigenvalue weighted by Crippen LogP contribution is -2.61. The van der Waals surface area contributed by atoms with Crippen molar-refractivity contribution in [3.63, 3.8) is 0 Å². The van der Waals surface area contributed by atoms with Gasteiger partial charge < -0.3 is 28.4 Å². The Bertz CT molecular complexity index is 593. The molecule has 146 valence electrons. The summed E-state index contributed by atoms with van der Waals surface area (Å²) in [5.41, 5.74) is -1.28. The molecule has 0 radical (unpaired) electrons. The Morgan fingerprint density at radius 1 is 1.08 bits per heavy atom. The minimum absolute atomic E-state index is 0.0896. The van der Waals surface area contributed by atoms with E-state index in [0.717, 1.165) is 0 Å². The van der Waals surface area contributed by atoms with Crippen LogP contribution in [0.1, 0.15) is 47.5 Å². The van der Waals surface area contributed by atoms with Gasteiger partial charge in [0.2, 0.25) is 0 Å². The number of ether oxygens (including phenoxy) is 6. The molecule has 0 bridgehead atoms. The lowest BCUT2D eigenvalue weighted by Gasteiger charge is -2.44. The normalized spacial score (nSPS) is 40.6. The van der Waals surface area contributed by atoms with Crippen molar-refractivity contribution in [3.05, 3.63) is 0 Å². The van der Waals surface area contributed by atoms with Crippen molar-refractivity contribution in [2.45, 2.75) is 89.1 Å². The topological polar surface area (TPSA) is 72.5 Å². The van der Waals surface area contributed by atoms with E-state index in [1.165, 1.54) is 0 Å². The minimum Gasteiger partial charge on any atom is -0.464 e. The maximum Gasteiger partial charge on any atom is 0.339 e. The molecule has 0 aliphatic carbocycles. The van der Waals surface area contributed by atoms with Crippen LogP contribution in [0.5, 0.6) is 0 Å². The van der Waals surface area contributed by atoms with Crippen molar-refractivity contribution in [2.75, 3.05) is 13.2 Å². The molecule has 0 aromatic heterocycles. The third-order valence-electron chi connectivity index (χ3n) is 4.87. The van der Waals surface area contributed by atoms with Gasteiger partial charge in [0.15, 0.2) is 17.2 Å². The fourth-order valence-corrected chi connectivity index (χ4v) is 3.91. The number of terminal acetylenes is 1. The number of carbonyl (C=O) groups is 1. The first-order valence-electron chi connectivity index (χ1n) is 9.07. The van der Waals surface area contributed by atoms with Crippen molar-refractivity contribution in [1.29, 1.82) is 0 Å². The predicted molar refractivity (Wildman–Crippen MR) is 91.0 cm³/mol. The molecule has 3 rings (SSSR count). The van der Waals surface area contributed by atoms with Gasteiger partial charge in [-0.3, -0.25) is 0 Å². The Balaban J connectivity index is 1.92. The van der Waals surface area contributed by atoms with Gasteiger partial charge in [-0.1, -0.05) is 0 Å². The summed E-state index contributed by atoms with van der Waals surface area (Å²) in [6.45, 7) is 9.68. The molecule has 3 saturated heterocycles. The van der Waals surface area contributed by atoms with Crippen LogP contribution in [0, 0.1) is 12.3 Å². The van der Waals surface area contributed by atoms with Crippen molar-refractivity contribution < 1.29 is 33.2 Å². The molecule has 3 heterocycles. The highest BCUT2D eigenvalue weighted by Crippen LogP contribution is 2.45. The molecule has 3 aliphatic rings. The van der Waals surface area contributed by atoms with E-state index in [0.29, 0.717) is 6.61 Å². The molecule has 5 atom stereocenters. The second-order valence-corrected chi connectivity index (χ2v) is 7.89. The molecule has 0 N–H and O–H groups in total. The standard InChI is InChI=1S/C19H28O7/c1-7-9-19(16(20)21-8-2)10-12-14(25-18(5,6)23-12)15(26-19)13-11-22-17(3,4)24-13/h1,12-15H,8-11H2,2-6H3/t12-,13-,14-,15-,19-/m1/s1. The van der Waals surface area contributed by atoms with E-state index in [1.807, 2.05) is 27.7 Å². The van der Waals surface area contributed by atoms with E-state index in [4.69, 9.17) is 34.8 Å². The number of esters is 1. The second-order valence-electron chi connectivity index (χ2n) is 7.89. The highest BCUT2D eigenvalue weighted by molar-refractivity contribution is 5.80. The summed E-state index contributed by atoms with van der Waals surface area (Å²) >= 11 is 0. The molecule has 3 aliphatic heterocycles. The summed E-state index contributed by atoms with van der Waals surface area (Å²) in [7, 11) is 0. The number of hydrogen-bond acceptors (Lipinski definition) is 7. The number of hydrogen-bond donors (Lipinski definition) is 0. The minimum atomic E-state index is -1.28. The van der Waals surface area contributed by atoms with E-state index in [-0.39, 0.29) is 31.7 Å². The third kappa shape index (κ3) is 3.62. The highest BCUT2D eigenvalue weighted by atomic mass is 16.8. The lowest BCUT2D eigenvalue weighted by molar-refractivity contribution is -0.237. The monoisotopic (exact) mass is 368 g/mol. The first-order chi connectivity index (χ1) is 12.1. The number of rotatable bonds is 4. The van der Waals surface area contributed by atoms with Gasteiger partial charge in [-0.15, -0.1) is 12.3 Å². The Kier molecular flexibility index (Phi) is 5.10. The summed E-state index contributed by atoms with van der Waals surface area (Å²) in [5, 5.41) is 0. The molecule has 0 spiro atoms. The van der Waals surface area contributed by atoms with E-state index in [9.17, 15) is 4.79 Å². The van der Waals surface area contributed by atoms with Crippen LogP contribution in [0.4, 0.5) is 0 Å². The van der Waals surface area contributed by atoms with Crippen LogP contribution in [0.25, 0.3) is 0 Å². The van der Waals surface area contributed by atoms with E-state index in [2.05, 4.69) is 5.92 Å². The van der Waals surface area contributed by atoms with E-state index >= 15 is 0 Å². The average molecular weight is 368 g/mol. The van der Waals surface area contributed by atoms with Crippen LogP contribution < -0.4 is 0 Å². The average Bonchev–Trinajstić information content (AvgIpc) is 3.04. The van der Waals surface area contributed by atoms with Gasteiger partial charge in [0.05, 0.1) is 19.3 Å². The Morgan fingerprint density at radius 2 is 1.73 bits per heavy atom. The van der Waals surface area contributed by atoms with Crippen LogP contribution in [-0.4, -0.2) is 60.8 Å². The molecule has 7 heteroatoms. The van der Waals surface area contributed by atoms with Crippen LogP contribution >= 0.6 is 0 Å². The summed E-state index contributed by atoms with van der Waals surface area (Å²) in [5.74, 6) is 0.560. The third-order valence-corrected chi connectivity index (χ3v) is 4.87. The summed E-state index contributed by atoms with van der Waals surface area (Å²) < 4.78 is 35.3. The molecule has 0 aromatic carbocycles. The smallest absolute Gasteiger partial charge is 0.339 e. The van der Waals surface area contributed by atoms with Gasteiger partial charge in [0.1, 0.15) is 18.3 Å². The largest absolute Gasteiger partial charge is 0.464 e. The molecule has 0 unspecified atom stereocenters. The van der Waals surface area contributed by atoms with Gasteiger partial charge in [-0.25, -0.2) is 4.79 Å². The van der Waals surface area contributed by atoms with E-state index in [1.54, 1.807) is 6.92 Å². The second kappa shape index (κ2) is 6.77. The fraction of sp³-hybridized carbons (Fsp3) is 0.842. The zero-order chi connectivity index (χ0) is 19.2. The Morgan fingerprint density at radius 3 is 2.31 bits per heavy atom. The maximum atomic E-state index is 12.7. The molecule has 0 aromatic rings. The predicted octanol–water partition coefficient (Wildman–Crippen LogP) is 1.77. The lowest BCUT2D eigenvalue weighted by atomic mass is 9.84. The van der Waals surface area contributed by atoms with Crippen molar-refractivity contribution in [2.24, 2.45) is 0 Å². The van der Waals surface area contributed by atoms with Crippen LogP contribution in [0.15, 0.2) is 0 Å². The molecule has 0 saturated carbocycles. The zero-order valence-electron chi connectivity index (χ0n) is 16.1. The Hall–Kier alpha value is -1.17. The molecular formula is C19H28O7. The fourth-order valence-electron chi connectivity index (χ4n) is 3.91. The van der Waals surface area contributed by atoms with Crippen molar-refractivity contribution in [3.8, 4) is 12.3 Å². The van der Waals surface area contributed by atoms with Crippen molar-refractivity contribution >= 4 is 5.97 Å². The number of carbonyl (C=O) groups excluding carboxylic acids is 1. The first kappa shape index (κ1) is 19.6. The van der Waals surface area contributed by atoms with Gasteiger partial charge in [-0.05, 0) is 34.6 Å². The van der Waals surface area contributed by atoms with Gasteiger partial charge in [0.25, 0.3) is 0 Å². The highest BCUT2D eigenvalue weighted by Gasteiger charge is 2.61. The molecule has 0 amide bonds. The van der Waals surface area contributed by atoms with Gasteiger partial charge >= 0.3 is 5.97 Å². The molecule has 26 heavy (non-hydrogen) atoms. The Labute approximate surface area is 154 Å². The summed E-state index contributed by atoms with van der Waals surface area (Å²) in [6.07, 6.45) is 4.21.